The van der Waals surface area contributed by atoms with Crippen molar-refractivity contribution in [3.63, 3.8) is 0 Å². The Balaban J connectivity index is 1.42. The van der Waals surface area contributed by atoms with Crippen molar-refractivity contribution in [1.82, 2.24) is 5.32 Å². The number of carbonyl (C=O) groups excluding carboxylic acids is 1. The Hall–Kier alpha value is -3.29. The minimum absolute atomic E-state index is 0.213. The number of ether oxygens (including phenoxy) is 6. The van der Waals surface area contributed by atoms with Crippen LogP contribution < -0.4 is 5.32 Å². The van der Waals surface area contributed by atoms with E-state index in [4.69, 9.17) is 28.4 Å². The fourth-order valence-electron chi connectivity index (χ4n) is 12.4. The predicted octanol–water partition coefficient (Wildman–Crippen LogP) is 12.0. The van der Waals surface area contributed by atoms with Crippen LogP contribution in [0, 0.1) is 0 Å². The van der Waals surface area contributed by atoms with Gasteiger partial charge in [0, 0.05) is 6.42 Å². The van der Waals surface area contributed by atoms with Crippen molar-refractivity contribution in [3.8, 4) is 0 Å². The molecule has 3 aliphatic heterocycles. The highest BCUT2D eigenvalue weighted by Crippen LogP contribution is 2.33. The number of carbonyl (C=O) groups is 1. The van der Waals surface area contributed by atoms with Crippen LogP contribution in [0.4, 0.5) is 0 Å². The van der Waals surface area contributed by atoms with Gasteiger partial charge in [0.25, 0.3) is 0 Å². The molecule has 17 unspecified atom stereocenters. The van der Waals surface area contributed by atoms with E-state index in [-0.39, 0.29) is 18.9 Å². The normalized spacial score (nSPS) is 27.3. The molecule has 3 saturated heterocycles. The highest BCUT2D eigenvalue weighted by molar-refractivity contribution is 5.76. The zero-order valence-corrected chi connectivity index (χ0v) is 60.2. The molecule has 0 bridgehead atoms. The third-order valence-electron chi connectivity index (χ3n) is 18.6. The van der Waals surface area contributed by atoms with Crippen LogP contribution in [0.1, 0.15) is 264 Å². The molecule has 0 aromatic heterocycles. The molecule has 3 fully saturated rings. The van der Waals surface area contributed by atoms with Gasteiger partial charge < -0.3 is 89.9 Å². The molecule has 3 aliphatic rings. The van der Waals surface area contributed by atoms with E-state index in [1.807, 2.05) is 6.08 Å². The van der Waals surface area contributed by atoms with Gasteiger partial charge in [-0.2, -0.15) is 0 Å². The van der Waals surface area contributed by atoms with E-state index >= 15 is 0 Å². The van der Waals surface area contributed by atoms with E-state index in [1.165, 1.54) is 128 Å². The van der Waals surface area contributed by atoms with E-state index in [0.717, 1.165) is 103 Å². The summed E-state index contributed by atoms with van der Waals surface area (Å²) in [7, 11) is 0. The van der Waals surface area contributed by atoms with Crippen LogP contribution in [0.3, 0.4) is 0 Å². The highest BCUT2D eigenvalue weighted by atomic mass is 16.8. The minimum atomic E-state index is -1.99. The Morgan fingerprint density at radius 3 is 1.14 bits per heavy atom. The fourth-order valence-corrected chi connectivity index (χ4v) is 12.4. The molecule has 12 N–H and O–H groups in total. The Kier molecular flexibility index (Phi) is 53.7. The van der Waals surface area contributed by atoms with Gasteiger partial charge in [0.15, 0.2) is 18.9 Å². The second-order valence-electron chi connectivity index (χ2n) is 27.1. The first kappa shape index (κ1) is 88.9. The average molecular weight is 1390 g/mol. The summed E-state index contributed by atoms with van der Waals surface area (Å²) in [5, 5.41) is 121. The van der Waals surface area contributed by atoms with E-state index in [1.54, 1.807) is 6.08 Å². The first-order valence-electron chi connectivity index (χ1n) is 38.5. The molecule has 0 saturated carbocycles. The second-order valence-corrected chi connectivity index (χ2v) is 27.1. The van der Waals surface area contributed by atoms with Crippen molar-refractivity contribution in [3.05, 3.63) is 97.2 Å². The molecule has 3 rings (SSSR count). The molecule has 0 aliphatic carbocycles. The average Bonchev–Trinajstić information content (AvgIpc) is 0.785. The molecule has 17 atom stereocenters. The van der Waals surface area contributed by atoms with E-state index < -0.39 is 124 Å². The zero-order valence-electron chi connectivity index (χ0n) is 60.2. The van der Waals surface area contributed by atoms with Crippen LogP contribution in [-0.4, -0.2) is 193 Å². The smallest absolute Gasteiger partial charge is 0.220 e. The van der Waals surface area contributed by atoms with Gasteiger partial charge in [-0.1, -0.05) is 265 Å². The summed E-state index contributed by atoms with van der Waals surface area (Å²) in [5.41, 5.74) is 0. The fraction of sp³-hybridized carbons (Fsp3) is 0.785. The molecule has 3 heterocycles. The summed E-state index contributed by atoms with van der Waals surface area (Å²) in [4.78, 5) is 13.4. The van der Waals surface area contributed by atoms with Crippen molar-refractivity contribution in [2.75, 3.05) is 26.4 Å². The van der Waals surface area contributed by atoms with Crippen molar-refractivity contribution in [2.45, 2.75) is 369 Å². The number of aliphatic hydroxyl groups is 11. The Morgan fingerprint density at radius 2 is 0.714 bits per heavy atom. The number of aliphatic hydroxyl groups excluding tert-OH is 11. The van der Waals surface area contributed by atoms with Crippen molar-refractivity contribution < 1.29 is 89.4 Å². The summed E-state index contributed by atoms with van der Waals surface area (Å²) in [6.45, 7) is 1.60. The molecular weight excluding hydrogens is 1250 g/mol. The summed E-state index contributed by atoms with van der Waals surface area (Å²) < 4.78 is 34.4. The van der Waals surface area contributed by atoms with Gasteiger partial charge in [-0.25, -0.2) is 0 Å². The quantitative estimate of drug-likeness (QED) is 0.0199. The second kappa shape index (κ2) is 59.1. The molecule has 1 amide bonds. The lowest BCUT2D eigenvalue weighted by Crippen LogP contribution is -2.66. The molecule has 19 nitrogen and oxygen atoms in total. The monoisotopic (exact) mass is 1390 g/mol. The van der Waals surface area contributed by atoms with E-state index in [0.29, 0.717) is 12.8 Å². The van der Waals surface area contributed by atoms with Gasteiger partial charge in [-0.15, -0.1) is 0 Å². The first-order valence-corrected chi connectivity index (χ1v) is 38.5. The SMILES string of the molecule is CC/C=C\C/C=C\C/C=C\C/C=C\C/C=C\CCCCCCCCCC(=O)NC(COC1OC(CO)C(OC2OC(CO)C(OC3OC(CO)C(O)C(O)C3O)C(O)C2O)C(O)C1O)C(O)/C=C/CC/C=C/CC/C=C/CCCCCCCCCCCCCCCCCCCCCC. The van der Waals surface area contributed by atoms with Gasteiger partial charge in [0.2, 0.25) is 5.91 Å². The summed E-state index contributed by atoms with van der Waals surface area (Å²) in [5.74, 6) is -0.303. The van der Waals surface area contributed by atoms with Crippen molar-refractivity contribution >= 4 is 5.91 Å². The lowest BCUT2D eigenvalue weighted by atomic mass is 9.96. The maximum atomic E-state index is 13.4. The van der Waals surface area contributed by atoms with Gasteiger partial charge in [-0.05, 0) is 89.9 Å². The number of rotatable bonds is 59. The van der Waals surface area contributed by atoms with Crippen LogP contribution in [0.15, 0.2) is 97.2 Å². The number of hydrogen-bond donors (Lipinski definition) is 12. The summed E-state index contributed by atoms with van der Waals surface area (Å²) >= 11 is 0. The standard InChI is InChI=1S/C79H137NO18/c1-3-5-7-9-11-13-15-17-19-21-23-25-27-28-29-30-31-32-33-35-36-38-40-42-44-46-48-50-52-54-56-63(84)62(80-67(85)57-55-53-51-49-47-45-43-41-39-37-34-26-24-22-20-18-16-14-12-10-8-6-4-2)61-93-77-73(91)70(88)75(65(59-82)95-77)98-79-74(92)71(89)76(66(60-83)96-79)97-78-72(90)69(87)68(86)64(58-81)94-78/h6,8,12,14,18,20,24,26,37-40,46,48,54,56,62-66,68-79,81-84,86-92H,3-5,7,9-11,13,15-17,19,21-23,25,27-36,41-45,47,49-53,55,57-61H2,1-2H3,(H,80,85)/b8-6-,14-12-,20-18-,26-24-,39-37-,40-38+,48-46+,56-54+. The van der Waals surface area contributed by atoms with Crippen molar-refractivity contribution in [1.29, 1.82) is 0 Å². The largest absolute Gasteiger partial charge is 0.394 e. The van der Waals surface area contributed by atoms with Crippen molar-refractivity contribution in [2.24, 2.45) is 0 Å². The lowest BCUT2D eigenvalue weighted by molar-refractivity contribution is -0.379. The van der Waals surface area contributed by atoms with Crippen LogP contribution in [0.5, 0.6) is 0 Å². The van der Waals surface area contributed by atoms with Gasteiger partial charge >= 0.3 is 0 Å². The van der Waals surface area contributed by atoms with E-state index in [9.17, 15) is 61.0 Å². The molecular formula is C79H137NO18. The molecule has 566 valence electrons. The Labute approximate surface area is 590 Å². The molecule has 0 aromatic rings. The third kappa shape index (κ3) is 39.4. The Morgan fingerprint density at radius 1 is 0.378 bits per heavy atom. The molecule has 98 heavy (non-hydrogen) atoms. The Bertz CT molecular complexity index is 2150. The zero-order chi connectivity index (χ0) is 71.1. The number of allylic oxidation sites excluding steroid dienone is 15. The molecule has 0 aromatic carbocycles. The minimum Gasteiger partial charge on any atom is -0.394 e. The predicted molar refractivity (Wildman–Crippen MR) is 387 cm³/mol. The summed E-state index contributed by atoms with van der Waals surface area (Å²) in [6, 6.07) is -1.01. The topological polar surface area (TPSA) is 307 Å². The highest BCUT2D eigenvalue weighted by Gasteiger charge is 2.53. The number of unbranched alkanes of at least 4 members (excludes halogenated alkanes) is 29. The lowest BCUT2D eigenvalue weighted by Gasteiger charge is -2.48. The molecule has 0 spiro atoms. The van der Waals surface area contributed by atoms with Gasteiger partial charge in [0.1, 0.15) is 73.2 Å². The molecule has 19 heteroatoms. The molecule has 0 radical (unpaired) electrons. The van der Waals surface area contributed by atoms with Gasteiger partial charge in [0.05, 0.1) is 38.6 Å². The summed E-state index contributed by atoms with van der Waals surface area (Å²) in [6.07, 6.45) is 52.5. The van der Waals surface area contributed by atoms with Crippen LogP contribution in [-0.2, 0) is 33.2 Å². The number of hydrogen-bond acceptors (Lipinski definition) is 18. The van der Waals surface area contributed by atoms with Crippen LogP contribution in [0.2, 0.25) is 0 Å². The first-order chi connectivity index (χ1) is 47.8. The van der Waals surface area contributed by atoms with Gasteiger partial charge in [-0.3, -0.25) is 4.79 Å². The third-order valence-corrected chi connectivity index (χ3v) is 18.6. The maximum absolute atomic E-state index is 13.4. The van der Waals surface area contributed by atoms with E-state index in [2.05, 4.69) is 104 Å². The number of amides is 1. The van der Waals surface area contributed by atoms with Crippen LogP contribution >= 0.6 is 0 Å². The maximum Gasteiger partial charge on any atom is 0.220 e. The number of nitrogens with one attached hydrogen (secondary N) is 1. The van der Waals surface area contributed by atoms with Crippen LogP contribution in [0.25, 0.3) is 0 Å².